The zero-order valence-electron chi connectivity index (χ0n) is 12.2. The summed E-state index contributed by atoms with van der Waals surface area (Å²) >= 11 is 1.40. The molecule has 2 unspecified atom stereocenters. The van der Waals surface area contributed by atoms with Crippen LogP contribution in [0.3, 0.4) is 0 Å². The summed E-state index contributed by atoms with van der Waals surface area (Å²) in [4.78, 5) is 16.4. The minimum atomic E-state index is -0.410. The van der Waals surface area contributed by atoms with Crippen LogP contribution in [0.15, 0.2) is 0 Å². The van der Waals surface area contributed by atoms with E-state index in [0.717, 1.165) is 32.7 Å². The third kappa shape index (κ3) is 3.77. The third-order valence-corrected chi connectivity index (χ3v) is 3.88. The van der Waals surface area contributed by atoms with E-state index in [1.165, 1.54) is 12.0 Å². The van der Waals surface area contributed by atoms with Crippen molar-refractivity contribution in [3.63, 3.8) is 0 Å². The number of rotatable bonds is 4. The van der Waals surface area contributed by atoms with Gasteiger partial charge in [0.15, 0.2) is 0 Å². The van der Waals surface area contributed by atoms with E-state index in [0.29, 0.717) is 12.1 Å². The second-order valence-electron chi connectivity index (χ2n) is 6.18. The van der Waals surface area contributed by atoms with Crippen LogP contribution in [0, 0.1) is 0 Å². The van der Waals surface area contributed by atoms with Gasteiger partial charge in [-0.05, 0) is 39.2 Å². The number of carbonyl (C=O) groups excluding carboxylic acids is 1. The first-order valence-corrected chi connectivity index (χ1v) is 7.95. The van der Waals surface area contributed by atoms with Gasteiger partial charge in [-0.25, -0.2) is 4.79 Å². The molecule has 110 valence electrons. The van der Waals surface area contributed by atoms with E-state index in [-0.39, 0.29) is 6.09 Å². The molecule has 3 saturated heterocycles. The van der Waals surface area contributed by atoms with E-state index >= 15 is 0 Å². The van der Waals surface area contributed by atoms with Crippen molar-refractivity contribution < 1.29 is 13.7 Å². The lowest BCUT2D eigenvalue weighted by molar-refractivity contribution is -0.0774. The summed E-state index contributed by atoms with van der Waals surface area (Å²) in [6, 6.07) is 0.644. The van der Waals surface area contributed by atoms with Crippen molar-refractivity contribution in [3.05, 3.63) is 0 Å². The molecule has 5 nitrogen and oxygen atoms in total. The highest BCUT2D eigenvalue weighted by atomic mass is 32.2. The Bertz CT molecular complexity index is 320. The summed E-state index contributed by atoms with van der Waals surface area (Å²) < 4.78 is 10.7. The Labute approximate surface area is 119 Å². The molecular weight excluding hydrogens is 264 g/mol. The molecular formula is C13H24N2O3S. The molecule has 0 aliphatic carbocycles. The highest BCUT2D eigenvalue weighted by molar-refractivity contribution is 7.93. The van der Waals surface area contributed by atoms with E-state index in [2.05, 4.69) is 4.90 Å². The number of amides is 1. The average Bonchev–Trinajstić information content (AvgIpc) is 2.26. The zero-order valence-corrected chi connectivity index (χ0v) is 13.0. The van der Waals surface area contributed by atoms with E-state index < -0.39 is 5.60 Å². The lowest BCUT2D eigenvalue weighted by Crippen LogP contribution is -2.70. The first-order valence-electron chi connectivity index (χ1n) is 6.80. The molecule has 3 rings (SSSR count). The molecule has 3 fully saturated rings. The second-order valence-corrected chi connectivity index (χ2v) is 6.75. The Morgan fingerprint density at radius 2 is 1.95 bits per heavy atom. The first kappa shape index (κ1) is 14.9. The SMILES string of the molecule is CSOCCN1CC2CC(C1)N2C(=O)OC(C)(C)C. The molecule has 0 spiro atoms. The first-order chi connectivity index (χ1) is 8.90. The minimum Gasteiger partial charge on any atom is -0.444 e. The van der Waals surface area contributed by atoms with Gasteiger partial charge >= 0.3 is 6.09 Å². The highest BCUT2D eigenvalue weighted by Gasteiger charge is 2.48. The molecule has 1 amide bonds. The molecule has 2 bridgehead atoms. The number of piperazine rings is 1. The minimum absolute atomic E-state index is 0.159. The Morgan fingerprint density at radius 1 is 1.32 bits per heavy atom. The van der Waals surface area contributed by atoms with Crippen LogP contribution in [0.4, 0.5) is 4.79 Å². The van der Waals surface area contributed by atoms with Gasteiger partial charge in [0.2, 0.25) is 0 Å². The predicted molar refractivity (Wildman–Crippen MR) is 76.2 cm³/mol. The summed E-state index contributed by atoms with van der Waals surface area (Å²) in [5.41, 5.74) is -0.410. The standard InChI is InChI=1S/C13H24N2O3S/c1-13(2,3)18-12(16)15-10-7-11(15)9-14(8-10)5-6-17-19-4/h10-11H,5-9H2,1-4H3. The van der Waals surface area contributed by atoms with Gasteiger partial charge < -0.3 is 8.92 Å². The van der Waals surface area contributed by atoms with E-state index in [4.69, 9.17) is 8.92 Å². The Morgan fingerprint density at radius 3 is 2.47 bits per heavy atom. The Hall–Kier alpha value is -0.460. The largest absolute Gasteiger partial charge is 0.444 e. The van der Waals surface area contributed by atoms with Crippen molar-refractivity contribution in [1.29, 1.82) is 0 Å². The van der Waals surface area contributed by atoms with Gasteiger partial charge in [-0.2, -0.15) is 0 Å². The van der Waals surface area contributed by atoms with Crippen molar-refractivity contribution in [3.8, 4) is 0 Å². The van der Waals surface area contributed by atoms with Crippen LogP contribution in [-0.2, 0) is 8.92 Å². The molecule has 0 aromatic heterocycles. The van der Waals surface area contributed by atoms with Gasteiger partial charge in [0.1, 0.15) is 5.60 Å². The number of piperidine rings is 1. The molecule has 0 saturated carbocycles. The van der Waals surface area contributed by atoms with Crippen LogP contribution >= 0.6 is 12.0 Å². The fourth-order valence-corrected chi connectivity index (χ4v) is 2.98. The molecule has 19 heavy (non-hydrogen) atoms. The van der Waals surface area contributed by atoms with Crippen molar-refractivity contribution >= 4 is 18.1 Å². The number of nitrogens with zero attached hydrogens (tertiary/aromatic N) is 2. The molecule has 3 heterocycles. The monoisotopic (exact) mass is 288 g/mol. The van der Waals surface area contributed by atoms with E-state index in [1.54, 1.807) is 0 Å². The Kier molecular flexibility index (Phi) is 4.63. The summed E-state index contributed by atoms with van der Waals surface area (Å²) in [5, 5.41) is 0. The van der Waals surface area contributed by atoms with Gasteiger partial charge in [0.05, 0.1) is 18.7 Å². The van der Waals surface area contributed by atoms with Crippen molar-refractivity contribution in [2.75, 3.05) is 32.5 Å². The summed E-state index contributed by atoms with van der Waals surface area (Å²) in [7, 11) is 0. The smallest absolute Gasteiger partial charge is 0.410 e. The second kappa shape index (κ2) is 5.89. The van der Waals surface area contributed by atoms with E-state index in [1.807, 2.05) is 31.9 Å². The van der Waals surface area contributed by atoms with Crippen LogP contribution in [0.2, 0.25) is 0 Å². The van der Waals surface area contributed by atoms with Crippen LogP contribution in [0.5, 0.6) is 0 Å². The fourth-order valence-electron chi connectivity index (χ4n) is 2.74. The van der Waals surface area contributed by atoms with Crippen LogP contribution < -0.4 is 0 Å². The summed E-state index contributed by atoms with van der Waals surface area (Å²) in [6.07, 6.45) is 2.88. The van der Waals surface area contributed by atoms with Crippen LogP contribution in [-0.4, -0.2) is 66.1 Å². The summed E-state index contributed by atoms with van der Waals surface area (Å²) in [6.45, 7) is 9.29. The number of ether oxygens (including phenoxy) is 1. The maximum absolute atomic E-state index is 12.1. The number of fused-ring (bicyclic) bond motifs is 2. The highest BCUT2D eigenvalue weighted by Crippen LogP contribution is 2.33. The molecule has 2 atom stereocenters. The number of hydrogen-bond donors (Lipinski definition) is 0. The van der Waals surface area contributed by atoms with Gasteiger partial charge in [0, 0.05) is 25.9 Å². The molecule has 0 radical (unpaired) electrons. The van der Waals surface area contributed by atoms with Crippen molar-refractivity contribution in [2.45, 2.75) is 44.9 Å². The molecule has 0 aromatic carbocycles. The van der Waals surface area contributed by atoms with Gasteiger partial charge in [-0.3, -0.25) is 9.80 Å². The predicted octanol–water partition coefficient (Wildman–Crippen LogP) is 1.97. The maximum atomic E-state index is 12.1. The fraction of sp³-hybridized carbons (Fsp3) is 0.923. The molecule has 3 aliphatic rings. The lowest BCUT2D eigenvalue weighted by Gasteiger charge is -2.55. The van der Waals surface area contributed by atoms with E-state index in [9.17, 15) is 4.79 Å². The Balaban J connectivity index is 1.78. The van der Waals surface area contributed by atoms with Gasteiger partial charge in [-0.15, -0.1) is 0 Å². The quantitative estimate of drug-likeness (QED) is 0.584. The molecule has 6 heteroatoms. The average molecular weight is 288 g/mol. The topological polar surface area (TPSA) is 42.0 Å². The maximum Gasteiger partial charge on any atom is 0.410 e. The third-order valence-electron chi connectivity index (χ3n) is 3.48. The van der Waals surface area contributed by atoms with Crippen molar-refractivity contribution in [2.24, 2.45) is 0 Å². The molecule has 0 N–H and O–H groups in total. The van der Waals surface area contributed by atoms with Gasteiger partial charge in [-0.1, -0.05) is 0 Å². The van der Waals surface area contributed by atoms with Crippen LogP contribution in [0.25, 0.3) is 0 Å². The number of hydrogen-bond acceptors (Lipinski definition) is 5. The van der Waals surface area contributed by atoms with Crippen molar-refractivity contribution in [1.82, 2.24) is 9.80 Å². The lowest BCUT2D eigenvalue weighted by atomic mass is 9.88. The summed E-state index contributed by atoms with van der Waals surface area (Å²) in [5.74, 6) is 0. The van der Waals surface area contributed by atoms with Crippen LogP contribution in [0.1, 0.15) is 27.2 Å². The zero-order chi connectivity index (χ0) is 14.0. The van der Waals surface area contributed by atoms with Gasteiger partial charge in [0.25, 0.3) is 0 Å². The molecule has 3 aliphatic heterocycles. The normalized spacial score (nSPS) is 27.1. The molecule has 0 aromatic rings. The number of carbonyl (C=O) groups is 1.